The molecule has 6 nitrogen and oxygen atoms in total. The first-order valence-corrected chi connectivity index (χ1v) is 11.4. The number of ketones is 1. The zero-order valence-electron chi connectivity index (χ0n) is 19.9. The molecule has 4 rings (SSSR count). The highest BCUT2D eigenvalue weighted by Crippen LogP contribution is 2.43. The lowest BCUT2D eigenvalue weighted by atomic mass is 9.84. The van der Waals surface area contributed by atoms with E-state index < -0.39 is 17.7 Å². The van der Waals surface area contributed by atoms with Gasteiger partial charge in [-0.3, -0.25) is 9.59 Å². The summed E-state index contributed by atoms with van der Waals surface area (Å²) in [5.41, 5.74) is 3.13. The molecule has 1 saturated heterocycles. The third kappa shape index (κ3) is 4.10. The number of hydrogen-bond acceptors (Lipinski definition) is 5. The van der Waals surface area contributed by atoms with Crippen LogP contribution in [0.2, 0.25) is 0 Å². The van der Waals surface area contributed by atoms with E-state index in [4.69, 9.17) is 9.47 Å². The quantitative estimate of drug-likeness (QED) is 0.408. The summed E-state index contributed by atoms with van der Waals surface area (Å²) in [5.74, 6) is -0.197. The summed E-state index contributed by atoms with van der Waals surface area (Å²) in [6.45, 7) is 11.4. The van der Waals surface area contributed by atoms with Crippen LogP contribution in [-0.2, 0) is 15.0 Å². The lowest BCUT2D eigenvalue weighted by Gasteiger charge is -2.27. The van der Waals surface area contributed by atoms with Crippen molar-refractivity contribution in [1.29, 1.82) is 0 Å². The third-order valence-electron chi connectivity index (χ3n) is 6.25. The largest absolute Gasteiger partial charge is 0.507 e. The molecule has 0 spiro atoms. The molecule has 2 aliphatic heterocycles. The highest BCUT2D eigenvalue weighted by molar-refractivity contribution is 6.46. The molecule has 0 saturated carbocycles. The van der Waals surface area contributed by atoms with E-state index in [9.17, 15) is 14.7 Å². The lowest BCUT2D eigenvalue weighted by Crippen LogP contribution is -2.30. The SMILES string of the molecule is CCCN1C(=O)C(=O)/C(=C(/O)c2cc(C(C)(C)C)ccc2C)C1c1ccc2c(c1)OCCO2. The molecule has 0 aromatic heterocycles. The summed E-state index contributed by atoms with van der Waals surface area (Å²) in [6.07, 6.45) is 0.687. The number of fused-ring (bicyclic) bond motifs is 1. The number of nitrogens with zero attached hydrogens (tertiary/aromatic N) is 1. The van der Waals surface area contributed by atoms with Gasteiger partial charge in [-0.15, -0.1) is 0 Å². The van der Waals surface area contributed by atoms with Gasteiger partial charge in [0.2, 0.25) is 0 Å². The van der Waals surface area contributed by atoms with E-state index in [0.717, 1.165) is 11.1 Å². The number of Topliss-reactive ketones (excluding diaryl/α,β-unsaturated/α-hetero) is 1. The summed E-state index contributed by atoms with van der Waals surface area (Å²) in [6, 6.07) is 10.6. The molecule has 1 N–H and O–H groups in total. The Morgan fingerprint density at radius 2 is 1.76 bits per heavy atom. The smallest absolute Gasteiger partial charge is 0.295 e. The molecule has 174 valence electrons. The molecule has 1 atom stereocenters. The first-order chi connectivity index (χ1) is 15.6. The molecule has 2 heterocycles. The van der Waals surface area contributed by atoms with Crippen LogP contribution in [0, 0.1) is 6.92 Å². The molecule has 33 heavy (non-hydrogen) atoms. The van der Waals surface area contributed by atoms with E-state index in [-0.39, 0.29) is 16.7 Å². The van der Waals surface area contributed by atoms with Crippen LogP contribution in [0.3, 0.4) is 0 Å². The Hall–Kier alpha value is -3.28. The minimum Gasteiger partial charge on any atom is -0.507 e. The van der Waals surface area contributed by atoms with Crippen LogP contribution in [0.4, 0.5) is 0 Å². The summed E-state index contributed by atoms with van der Waals surface area (Å²) in [5, 5.41) is 11.5. The van der Waals surface area contributed by atoms with Crippen LogP contribution in [0.15, 0.2) is 42.0 Å². The molecule has 1 fully saturated rings. The van der Waals surface area contributed by atoms with E-state index in [1.54, 1.807) is 17.0 Å². The highest BCUT2D eigenvalue weighted by Gasteiger charge is 2.46. The van der Waals surface area contributed by atoms with Gasteiger partial charge in [0.15, 0.2) is 11.5 Å². The van der Waals surface area contributed by atoms with Crippen molar-refractivity contribution in [3.8, 4) is 11.5 Å². The van der Waals surface area contributed by atoms with E-state index in [0.29, 0.717) is 48.8 Å². The van der Waals surface area contributed by atoms with Crippen LogP contribution in [0.5, 0.6) is 11.5 Å². The molecule has 2 aromatic rings. The predicted molar refractivity (Wildman–Crippen MR) is 127 cm³/mol. The van der Waals surface area contributed by atoms with Crippen LogP contribution >= 0.6 is 0 Å². The highest BCUT2D eigenvalue weighted by atomic mass is 16.6. The number of hydrogen-bond donors (Lipinski definition) is 1. The maximum atomic E-state index is 13.2. The molecule has 1 unspecified atom stereocenters. The average Bonchev–Trinajstić information content (AvgIpc) is 3.03. The number of carbonyl (C=O) groups excluding carboxylic acids is 2. The molecule has 6 heteroatoms. The van der Waals surface area contributed by atoms with Crippen LogP contribution < -0.4 is 9.47 Å². The Kier molecular flexibility index (Phi) is 5.95. The van der Waals surface area contributed by atoms with Gasteiger partial charge in [0.25, 0.3) is 11.7 Å². The number of aliphatic hydroxyl groups excluding tert-OH is 1. The summed E-state index contributed by atoms with van der Waals surface area (Å²) in [7, 11) is 0. The third-order valence-corrected chi connectivity index (χ3v) is 6.25. The number of aliphatic hydroxyl groups is 1. The standard InChI is InChI=1S/C27H31NO5/c1-6-11-28-23(17-8-10-20-21(14-17)33-13-12-32-20)22(25(30)26(28)31)24(29)19-15-18(27(3,4)5)9-7-16(19)2/h7-10,14-15,23,29H,6,11-13H2,1-5H3/b24-22+. The van der Waals surface area contributed by atoms with Crippen molar-refractivity contribution in [2.75, 3.05) is 19.8 Å². The molecule has 2 aromatic carbocycles. The molecule has 2 aliphatic rings. The monoisotopic (exact) mass is 449 g/mol. The van der Waals surface area contributed by atoms with Gasteiger partial charge in [-0.05, 0) is 53.6 Å². The summed E-state index contributed by atoms with van der Waals surface area (Å²) < 4.78 is 11.4. The minimum absolute atomic E-state index is 0.110. The second-order valence-corrected chi connectivity index (χ2v) is 9.68. The van der Waals surface area contributed by atoms with Crippen molar-refractivity contribution in [3.63, 3.8) is 0 Å². The van der Waals surface area contributed by atoms with Gasteiger partial charge in [-0.25, -0.2) is 0 Å². The average molecular weight is 450 g/mol. The van der Waals surface area contributed by atoms with Gasteiger partial charge in [0.1, 0.15) is 19.0 Å². The second-order valence-electron chi connectivity index (χ2n) is 9.68. The van der Waals surface area contributed by atoms with Crippen molar-refractivity contribution in [2.24, 2.45) is 0 Å². The Morgan fingerprint density at radius 1 is 1.06 bits per heavy atom. The molecular formula is C27H31NO5. The van der Waals surface area contributed by atoms with Gasteiger partial charge >= 0.3 is 0 Å². The molecule has 1 amide bonds. The van der Waals surface area contributed by atoms with Crippen molar-refractivity contribution >= 4 is 17.4 Å². The van der Waals surface area contributed by atoms with E-state index in [1.165, 1.54) is 0 Å². The Labute approximate surface area is 194 Å². The van der Waals surface area contributed by atoms with Crippen molar-refractivity contribution < 1.29 is 24.2 Å². The zero-order chi connectivity index (χ0) is 23.9. The fourth-order valence-electron chi connectivity index (χ4n) is 4.42. The van der Waals surface area contributed by atoms with Gasteiger partial charge in [-0.1, -0.05) is 45.9 Å². The van der Waals surface area contributed by atoms with Crippen LogP contribution in [0.25, 0.3) is 5.76 Å². The number of benzene rings is 2. The number of rotatable bonds is 4. The number of likely N-dealkylation sites (tertiary alicyclic amines) is 1. The molecule has 0 radical (unpaired) electrons. The predicted octanol–water partition coefficient (Wildman–Crippen LogP) is 4.90. The van der Waals surface area contributed by atoms with Gasteiger partial charge in [0.05, 0.1) is 11.6 Å². The Balaban J connectivity index is 1.90. The number of ether oxygens (including phenoxy) is 2. The van der Waals surface area contributed by atoms with E-state index >= 15 is 0 Å². The Morgan fingerprint density at radius 3 is 2.42 bits per heavy atom. The second kappa shape index (κ2) is 8.58. The fourth-order valence-corrected chi connectivity index (χ4v) is 4.42. The molecule has 0 bridgehead atoms. The number of aryl methyl sites for hydroxylation is 1. The normalized spacial score (nSPS) is 19.8. The maximum Gasteiger partial charge on any atom is 0.295 e. The van der Waals surface area contributed by atoms with Crippen molar-refractivity contribution in [3.05, 3.63) is 64.2 Å². The van der Waals surface area contributed by atoms with E-state index in [1.807, 2.05) is 38.1 Å². The van der Waals surface area contributed by atoms with E-state index in [2.05, 4.69) is 20.8 Å². The maximum absolute atomic E-state index is 13.2. The van der Waals surface area contributed by atoms with Gasteiger partial charge in [-0.2, -0.15) is 0 Å². The fraction of sp³-hybridized carbons (Fsp3) is 0.407. The summed E-state index contributed by atoms with van der Waals surface area (Å²) in [4.78, 5) is 27.7. The van der Waals surface area contributed by atoms with Gasteiger partial charge < -0.3 is 19.5 Å². The zero-order valence-corrected chi connectivity index (χ0v) is 19.9. The first-order valence-electron chi connectivity index (χ1n) is 11.4. The van der Waals surface area contributed by atoms with Crippen LogP contribution in [0.1, 0.15) is 62.4 Å². The number of carbonyl (C=O) groups is 2. The first kappa shape index (κ1) is 22.9. The lowest BCUT2D eigenvalue weighted by molar-refractivity contribution is -0.139. The molecule has 0 aliphatic carbocycles. The molecular weight excluding hydrogens is 418 g/mol. The minimum atomic E-state index is -0.696. The van der Waals surface area contributed by atoms with Crippen LogP contribution in [-0.4, -0.2) is 41.5 Å². The topological polar surface area (TPSA) is 76.1 Å². The number of amides is 1. The van der Waals surface area contributed by atoms with Gasteiger partial charge in [0, 0.05) is 12.1 Å². The van der Waals surface area contributed by atoms with Crippen molar-refractivity contribution in [2.45, 2.75) is 52.5 Å². The van der Waals surface area contributed by atoms with Crippen molar-refractivity contribution in [1.82, 2.24) is 4.90 Å². The Bertz CT molecular complexity index is 1140. The summed E-state index contributed by atoms with van der Waals surface area (Å²) >= 11 is 0.